The molecule has 0 bridgehead atoms. The van der Waals surface area contributed by atoms with Crippen molar-refractivity contribution in [2.45, 2.75) is 6.92 Å². The SMILES string of the molecule is CC(=CN1CCN(c2ccc(F)cc2)CC1)C(=O)c1ccc(F)cc1. The number of halogens is 2. The second-order valence-electron chi connectivity index (χ2n) is 6.15. The van der Waals surface area contributed by atoms with Gasteiger partial charge >= 0.3 is 0 Å². The molecule has 0 atom stereocenters. The van der Waals surface area contributed by atoms with E-state index in [4.69, 9.17) is 0 Å². The summed E-state index contributed by atoms with van der Waals surface area (Å²) in [5, 5.41) is 0. The van der Waals surface area contributed by atoms with E-state index in [1.54, 1.807) is 19.1 Å². The van der Waals surface area contributed by atoms with Gasteiger partial charge < -0.3 is 9.80 Å². The Kier molecular flexibility index (Phi) is 5.12. The molecular weight excluding hydrogens is 322 g/mol. The number of benzene rings is 2. The molecule has 2 aromatic rings. The molecule has 1 heterocycles. The van der Waals surface area contributed by atoms with Gasteiger partial charge in [0.2, 0.25) is 0 Å². The van der Waals surface area contributed by atoms with E-state index in [1.807, 2.05) is 6.20 Å². The normalized spacial score (nSPS) is 15.4. The average Bonchev–Trinajstić information content (AvgIpc) is 2.63. The lowest BCUT2D eigenvalue weighted by molar-refractivity contribution is 0.103. The minimum absolute atomic E-state index is 0.0963. The maximum absolute atomic E-state index is 13.0. The van der Waals surface area contributed by atoms with E-state index in [0.717, 1.165) is 31.9 Å². The summed E-state index contributed by atoms with van der Waals surface area (Å²) in [6, 6.07) is 12.1. The van der Waals surface area contributed by atoms with Gasteiger partial charge in [-0.15, -0.1) is 0 Å². The summed E-state index contributed by atoms with van der Waals surface area (Å²) in [6.45, 7) is 4.95. The molecule has 0 N–H and O–H groups in total. The zero-order valence-corrected chi connectivity index (χ0v) is 14.1. The number of carbonyl (C=O) groups is 1. The molecule has 130 valence electrons. The van der Waals surface area contributed by atoms with E-state index in [9.17, 15) is 13.6 Å². The standard InChI is InChI=1S/C20H20F2N2O/c1-15(20(25)16-2-4-17(21)5-3-16)14-23-10-12-24(13-11-23)19-8-6-18(22)7-9-19/h2-9,14H,10-13H2,1H3. The summed E-state index contributed by atoms with van der Waals surface area (Å²) in [7, 11) is 0. The fourth-order valence-corrected chi connectivity index (χ4v) is 2.92. The Hall–Kier alpha value is -2.69. The summed E-state index contributed by atoms with van der Waals surface area (Å²) in [5.74, 6) is -0.684. The minimum atomic E-state index is -0.352. The lowest BCUT2D eigenvalue weighted by Gasteiger charge is -2.35. The van der Waals surface area contributed by atoms with Gasteiger partial charge in [-0.25, -0.2) is 8.78 Å². The van der Waals surface area contributed by atoms with E-state index in [1.165, 1.54) is 36.4 Å². The zero-order chi connectivity index (χ0) is 17.8. The second-order valence-corrected chi connectivity index (χ2v) is 6.15. The first-order chi connectivity index (χ1) is 12.0. The number of piperazine rings is 1. The highest BCUT2D eigenvalue weighted by atomic mass is 19.1. The Morgan fingerprint density at radius 3 is 1.96 bits per heavy atom. The molecule has 3 rings (SSSR count). The molecule has 2 aromatic carbocycles. The van der Waals surface area contributed by atoms with Crippen molar-refractivity contribution in [3.05, 3.63) is 77.5 Å². The molecule has 3 nitrogen and oxygen atoms in total. The van der Waals surface area contributed by atoms with Crippen molar-refractivity contribution >= 4 is 11.5 Å². The van der Waals surface area contributed by atoms with Crippen molar-refractivity contribution in [3.63, 3.8) is 0 Å². The van der Waals surface area contributed by atoms with Crippen LogP contribution in [0.15, 0.2) is 60.3 Å². The number of Topliss-reactive ketones (excluding diaryl/α,β-unsaturated/α-hetero) is 1. The summed E-state index contributed by atoms with van der Waals surface area (Å²) in [5.41, 5.74) is 2.12. The zero-order valence-electron chi connectivity index (χ0n) is 14.1. The van der Waals surface area contributed by atoms with Gasteiger partial charge in [-0.2, -0.15) is 0 Å². The number of rotatable bonds is 4. The van der Waals surface area contributed by atoms with Crippen LogP contribution in [0.4, 0.5) is 14.5 Å². The average molecular weight is 342 g/mol. The molecule has 5 heteroatoms. The van der Waals surface area contributed by atoms with Crippen LogP contribution in [0.1, 0.15) is 17.3 Å². The van der Waals surface area contributed by atoms with Crippen LogP contribution in [0.5, 0.6) is 0 Å². The van der Waals surface area contributed by atoms with Crippen molar-refractivity contribution in [1.82, 2.24) is 4.90 Å². The molecular formula is C20H20F2N2O. The smallest absolute Gasteiger partial charge is 0.190 e. The van der Waals surface area contributed by atoms with Crippen molar-refractivity contribution in [1.29, 1.82) is 0 Å². The summed E-state index contributed by atoms with van der Waals surface area (Å²) in [4.78, 5) is 16.7. The fraction of sp³-hybridized carbons (Fsp3) is 0.250. The Balaban J connectivity index is 1.60. The van der Waals surface area contributed by atoms with Crippen molar-refractivity contribution < 1.29 is 13.6 Å². The van der Waals surface area contributed by atoms with Crippen LogP contribution in [0.2, 0.25) is 0 Å². The molecule has 0 amide bonds. The lowest BCUT2D eigenvalue weighted by atomic mass is 10.1. The van der Waals surface area contributed by atoms with Crippen molar-refractivity contribution in [2.75, 3.05) is 31.1 Å². The Morgan fingerprint density at radius 1 is 0.880 bits per heavy atom. The van der Waals surface area contributed by atoms with Crippen LogP contribution in [0, 0.1) is 11.6 Å². The molecule has 0 spiro atoms. The van der Waals surface area contributed by atoms with Crippen molar-refractivity contribution in [2.24, 2.45) is 0 Å². The fourth-order valence-electron chi connectivity index (χ4n) is 2.92. The Bertz CT molecular complexity index is 761. The number of anilines is 1. The quantitative estimate of drug-likeness (QED) is 0.622. The number of allylic oxidation sites excluding steroid dienone is 1. The Morgan fingerprint density at radius 2 is 1.40 bits per heavy atom. The molecule has 0 aromatic heterocycles. The highest BCUT2D eigenvalue weighted by Gasteiger charge is 2.17. The maximum Gasteiger partial charge on any atom is 0.190 e. The van der Waals surface area contributed by atoms with Gasteiger partial charge in [0.15, 0.2) is 5.78 Å². The number of carbonyl (C=O) groups excluding carboxylic acids is 1. The molecule has 1 aliphatic rings. The van der Waals surface area contributed by atoms with Gasteiger partial charge in [-0.3, -0.25) is 4.79 Å². The third kappa shape index (κ3) is 4.24. The van der Waals surface area contributed by atoms with E-state index in [0.29, 0.717) is 11.1 Å². The number of ketones is 1. The first-order valence-corrected chi connectivity index (χ1v) is 8.26. The van der Waals surface area contributed by atoms with Gasteiger partial charge in [0.05, 0.1) is 0 Å². The highest BCUT2D eigenvalue weighted by Crippen LogP contribution is 2.18. The van der Waals surface area contributed by atoms with E-state index >= 15 is 0 Å². The van der Waals surface area contributed by atoms with E-state index in [2.05, 4.69) is 9.80 Å². The van der Waals surface area contributed by atoms with Gasteiger partial charge in [-0.1, -0.05) is 0 Å². The molecule has 0 aliphatic carbocycles. The monoisotopic (exact) mass is 342 g/mol. The van der Waals surface area contributed by atoms with Crippen LogP contribution in [-0.4, -0.2) is 36.9 Å². The van der Waals surface area contributed by atoms with Gasteiger partial charge in [0.1, 0.15) is 11.6 Å². The topological polar surface area (TPSA) is 23.6 Å². The van der Waals surface area contributed by atoms with Crippen LogP contribution < -0.4 is 4.90 Å². The highest BCUT2D eigenvalue weighted by molar-refractivity contribution is 6.08. The minimum Gasteiger partial charge on any atom is -0.373 e. The van der Waals surface area contributed by atoms with Crippen LogP contribution in [0.25, 0.3) is 0 Å². The lowest BCUT2D eigenvalue weighted by Crippen LogP contribution is -2.44. The molecule has 0 unspecified atom stereocenters. The number of hydrogen-bond donors (Lipinski definition) is 0. The van der Waals surface area contributed by atoms with Gasteiger partial charge in [0, 0.05) is 49.2 Å². The predicted molar refractivity (Wildman–Crippen MR) is 94.7 cm³/mol. The van der Waals surface area contributed by atoms with Crippen LogP contribution >= 0.6 is 0 Å². The third-order valence-corrected chi connectivity index (χ3v) is 4.35. The molecule has 0 radical (unpaired) electrons. The first kappa shape index (κ1) is 17.1. The predicted octanol–water partition coefficient (Wildman–Crippen LogP) is 3.87. The van der Waals surface area contributed by atoms with Crippen LogP contribution in [-0.2, 0) is 0 Å². The number of hydrogen-bond acceptors (Lipinski definition) is 3. The molecule has 1 fully saturated rings. The number of nitrogens with zero attached hydrogens (tertiary/aromatic N) is 2. The summed E-state index contributed by atoms with van der Waals surface area (Å²) < 4.78 is 26.0. The molecule has 25 heavy (non-hydrogen) atoms. The van der Waals surface area contributed by atoms with Gasteiger partial charge in [-0.05, 0) is 55.5 Å². The maximum atomic E-state index is 13.0. The third-order valence-electron chi connectivity index (χ3n) is 4.35. The van der Waals surface area contributed by atoms with E-state index < -0.39 is 0 Å². The van der Waals surface area contributed by atoms with Crippen molar-refractivity contribution in [3.8, 4) is 0 Å². The molecule has 0 saturated carbocycles. The van der Waals surface area contributed by atoms with E-state index in [-0.39, 0.29) is 17.4 Å². The summed E-state index contributed by atoms with van der Waals surface area (Å²) in [6.07, 6.45) is 1.87. The first-order valence-electron chi connectivity index (χ1n) is 8.26. The molecule has 1 saturated heterocycles. The molecule has 1 aliphatic heterocycles. The largest absolute Gasteiger partial charge is 0.373 e. The Labute approximate surface area is 146 Å². The van der Waals surface area contributed by atoms with Crippen LogP contribution in [0.3, 0.4) is 0 Å². The second kappa shape index (κ2) is 7.47. The summed E-state index contributed by atoms with van der Waals surface area (Å²) >= 11 is 0. The van der Waals surface area contributed by atoms with Gasteiger partial charge in [0.25, 0.3) is 0 Å².